The zero-order valence-corrected chi connectivity index (χ0v) is 9.70. The quantitative estimate of drug-likeness (QED) is 0.486. The van der Waals surface area contributed by atoms with E-state index in [1.165, 1.54) is 18.2 Å². The van der Waals surface area contributed by atoms with Gasteiger partial charge in [0.2, 0.25) is 0 Å². The Morgan fingerprint density at radius 2 is 2.25 bits per heavy atom. The number of benzene rings is 1. The second-order valence-electron chi connectivity index (χ2n) is 3.11. The van der Waals surface area contributed by atoms with E-state index in [-0.39, 0.29) is 23.8 Å². The molecule has 1 atom stereocenters. The first-order valence-corrected chi connectivity index (χ1v) is 5.37. The van der Waals surface area contributed by atoms with Gasteiger partial charge in [0.15, 0.2) is 0 Å². The molecule has 16 heavy (non-hydrogen) atoms. The summed E-state index contributed by atoms with van der Waals surface area (Å²) in [5, 5.41) is 23.0. The van der Waals surface area contributed by atoms with Crippen LogP contribution in [0, 0.1) is 10.1 Å². The minimum atomic E-state index is -0.764. The Bertz CT molecular complexity index is 387. The molecule has 1 rings (SSSR count). The number of anilines is 1. The molecular formula is C9H10Cl2N2O3. The fourth-order valence-corrected chi connectivity index (χ4v) is 1.37. The van der Waals surface area contributed by atoms with Gasteiger partial charge in [0.05, 0.1) is 16.9 Å². The first-order chi connectivity index (χ1) is 7.54. The minimum absolute atomic E-state index is 0.0569. The molecule has 88 valence electrons. The number of aliphatic hydroxyl groups is 1. The summed E-state index contributed by atoms with van der Waals surface area (Å²) in [4.78, 5) is 10.2. The molecule has 1 aromatic carbocycles. The van der Waals surface area contributed by atoms with Crippen molar-refractivity contribution < 1.29 is 10.0 Å². The van der Waals surface area contributed by atoms with Gasteiger partial charge in [-0.3, -0.25) is 10.1 Å². The number of alkyl halides is 1. The van der Waals surface area contributed by atoms with Crippen molar-refractivity contribution in [2.24, 2.45) is 0 Å². The molecule has 0 aromatic heterocycles. The minimum Gasteiger partial charge on any atom is -0.390 e. The summed E-state index contributed by atoms with van der Waals surface area (Å²) in [5.74, 6) is 0.0569. The highest BCUT2D eigenvalue weighted by molar-refractivity contribution is 6.31. The van der Waals surface area contributed by atoms with Crippen LogP contribution in [0.15, 0.2) is 18.2 Å². The lowest BCUT2D eigenvalue weighted by Crippen LogP contribution is -2.21. The molecule has 0 saturated carbocycles. The molecule has 0 bridgehead atoms. The maximum Gasteiger partial charge on any atom is 0.292 e. The van der Waals surface area contributed by atoms with Crippen LogP contribution in [0.1, 0.15) is 0 Å². The molecule has 0 saturated heterocycles. The van der Waals surface area contributed by atoms with Gasteiger partial charge in [0.1, 0.15) is 5.69 Å². The monoisotopic (exact) mass is 264 g/mol. The van der Waals surface area contributed by atoms with Crippen LogP contribution in [-0.2, 0) is 0 Å². The molecule has 0 aliphatic carbocycles. The summed E-state index contributed by atoms with van der Waals surface area (Å²) < 4.78 is 0. The molecule has 1 aromatic rings. The number of nitrogens with one attached hydrogen (secondary N) is 1. The highest BCUT2D eigenvalue weighted by atomic mass is 35.5. The standard InChI is InChI=1S/C9H10Cl2N2O3/c10-4-7(14)5-12-8-3-6(11)1-2-9(8)13(15)16/h1-3,7,12,14H,4-5H2. The third kappa shape index (κ3) is 3.52. The fraction of sp³-hybridized carbons (Fsp3) is 0.333. The Morgan fingerprint density at radius 1 is 1.56 bits per heavy atom. The average Bonchev–Trinajstić information content (AvgIpc) is 2.25. The summed E-state index contributed by atoms with van der Waals surface area (Å²) in [6, 6.07) is 4.17. The summed E-state index contributed by atoms with van der Waals surface area (Å²) >= 11 is 11.1. The molecular weight excluding hydrogens is 255 g/mol. The van der Waals surface area contributed by atoms with Crippen molar-refractivity contribution in [2.75, 3.05) is 17.7 Å². The van der Waals surface area contributed by atoms with Crippen LogP contribution in [0.2, 0.25) is 5.02 Å². The van der Waals surface area contributed by atoms with Gasteiger partial charge in [-0.25, -0.2) is 0 Å². The van der Waals surface area contributed by atoms with Crippen LogP contribution >= 0.6 is 23.2 Å². The summed E-state index contributed by atoms with van der Waals surface area (Å²) in [6.07, 6.45) is -0.764. The van der Waals surface area contributed by atoms with E-state index >= 15 is 0 Å². The Kier molecular flexibility index (Phi) is 4.79. The molecule has 0 radical (unpaired) electrons. The number of hydrogen-bond donors (Lipinski definition) is 2. The number of aliphatic hydroxyl groups excluding tert-OH is 1. The van der Waals surface area contributed by atoms with Gasteiger partial charge in [-0.05, 0) is 12.1 Å². The number of nitrogens with zero attached hydrogens (tertiary/aromatic N) is 1. The van der Waals surface area contributed by atoms with Crippen molar-refractivity contribution in [3.63, 3.8) is 0 Å². The Balaban J connectivity index is 2.84. The zero-order valence-electron chi connectivity index (χ0n) is 8.19. The van der Waals surface area contributed by atoms with Crippen LogP contribution < -0.4 is 5.32 Å². The lowest BCUT2D eigenvalue weighted by molar-refractivity contribution is -0.384. The Labute approximate surface area is 102 Å². The Morgan fingerprint density at radius 3 is 2.81 bits per heavy atom. The SMILES string of the molecule is O=[N+]([O-])c1ccc(Cl)cc1NCC(O)CCl. The van der Waals surface area contributed by atoms with Gasteiger partial charge in [0, 0.05) is 17.6 Å². The van der Waals surface area contributed by atoms with Gasteiger partial charge in [-0.2, -0.15) is 0 Å². The highest BCUT2D eigenvalue weighted by Gasteiger charge is 2.14. The molecule has 0 aliphatic heterocycles. The fourth-order valence-electron chi connectivity index (χ4n) is 1.09. The number of halogens is 2. The Hall–Kier alpha value is -1.04. The molecule has 7 heteroatoms. The second kappa shape index (κ2) is 5.89. The van der Waals surface area contributed by atoms with Crippen LogP contribution in [-0.4, -0.2) is 28.6 Å². The number of nitro benzene ring substituents is 1. The van der Waals surface area contributed by atoms with Crippen molar-refractivity contribution in [1.29, 1.82) is 0 Å². The van der Waals surface area contributed by atoms with E-state index in [4.69, 9.17) is 23.2 Å². The van der Waals surface area contributed by atoms with Crippen molar-refractivity contribution in [2.45, 2.75) is 6.10 Å². The summed E-state index contributed by atoms with van der Waals surface area (Å²) in [7, 11) is 0. The smallest absolute Gasteiger partial charge is 0.292 e. The number of rotatable bonds is 5. The molecule has 2 N–H and O–H groups in total. The molecule has 0 aliphatic rings. The first kappa shape index (κ1) is 13.0. The van der Waals surface area contributed by atoms with E-state index in [1.807, 2.05) is 0 Å². The molecule has 0 amide bonds. The van der Waals surface area contributed by atoms with E-state index in [9.17, 15) is 15.2 Å². The van der Waals surface area contributed by atoms with Gasteiger partial charge in [0.25, 0.3) is 5.69 Å². The highest BCUT2D eigenvalue weighted by Crippen LogP contribution is 2.27. The van der Waals surface area contributed by atoms with Crippen molar-refractivity contribution in [1.82, 2.24) is 0 Å². The lowest BCUT2D eigenvalue weighted by atomic mass is 10.2. The van der Waals surface area contributed by atoms with E-state index in [1.54, 1.807) is 0 Å². The predicted molar refractivity (Wildman–Crippen MR) is 63.3 cm³/mol. The molecule has 0 spiro atoms. The molecule has 0 heterocycles. The van der Waals surface area contributed by atoms with E-state index < -0.39 is 11.0 Å². The number of hydrogen-bond acceptors (Lipinski definition) is 4. The van der Waals surface area contributed by atoms with Crippen molar-refractivity contribution in [3.8, 4) is 0 Å². The van der Waals surface area contributed by atoms with Crippen molar-refractivity contribution >= 4 is 34.6 Å². The van der Waals surface area contributed by atoms with E-state index in [0.717, 1.165) is 0 Å². The predicted octanol–water partition coefficient (Wildman–Crippen LogP) is 2.26. The van der Waals surface area contributed by atoms with Gasteiger partial charge in [-0.15, -0.1) is 11.6 Å². The van der Waals surface area contributed by atoms with E-state index in [2.05, 4.69) is 5.32 Å². The number of nitro groups is 1. The maximum atomic E-state index is 10.7. The first-order valence-electron chi connectivity index (χ1n) is 4.46. The van der Waals surface area contributed by atoms with Gasteiger partial charge in [-0.1, -0.05) is 11.6 Å². The molecule has 0 fully saturated rings. The van der Waals surface area contributed by atoms with Gasteiger partial charge < -0.3 is 10.4 Å². The summed E-state index contributed by atoms with van der Waals surface area (Å²) in [6.45, 7) is 0.130. The topological polar surface area (TPSA) is 75.4 Å². The molecule has 1 unspecified atom stereocenters. The van der Waals surface area contributed by atoms with Crippen LogP contribution in [0.3, 0.4) is 0 Å². The van der Waals surface area contributed by atoms with E-state index in [0.29, 0.717) is 5.02 Å². The largest absolute Gasteiger partial charge is 0.390 e. The van der Waals surface area contributed by atoms with Gasteiger partial charge >= 0.3 is 0 Å². The summed E-state index contributed by atoms with van der Waals surface area (Å²) in [5.41, 5.74) is 0.174. The molecule has 5 nitrogen and oxygen atoms in total. The lowest BCUT2D eigenvalue weighted by Gasteiger charge is -2.10. The zero-order chi connectivity index (χ0) is 12.1. The normalized spacial score (nSPS) is 12.2. The maximum absolute atomic E-state index is 10.7. The van der Waals surface area contributed by atoms with Crippen LogP contribution in [0.4, 0.5) is 11.4 Å². The van der Waals surface area contributed by atoms with Crippen LogP contribution in [0.25, 0.3) is 0 Å². The third-order valence-corrected chi connectivity index (χ3v) is 2.45. The average molecular weight is 265 g/mol. The third-order valence-electron chi connectivity index (χ3n) is 1.86. The van der Waals surface area contributed by atoms with Crippen LogP contribution in [0.5, 0.6) is 0 Å². The van der Waals surface area contributed by atoms with Crippen molar-refractivity contribution in [3.05, 3.63) is 33.3 Å². The second-order valence-corrected chi connectivity index (χ2v) is 3.85.